The Balaban J connectivity index is 2.04. The quantitative estimate of drug-likeness (QED) is 0.651. The number of rotatable bonds is 5. The van der Waals surface area contributed by atoms with Crippen molar-refractivity contribution in [2.75, 3.05) is 11.9 Å². The van der Waals surface area contributed by atoms with Crippen LogP contribution in [0.2, 0.25) is 0 Å². The maximum atomic E-state index is 12.6. The molecule has 0 saturated carbocycles. The molecule has 0 radical (unpaired) electrons. The number of aryl methyl sites for hydroxylation is 1. The minimum absolute atomic E-state index is 0.0539. The van der Waals surface area contributed by atoms with E-state index in [2.05, 4.69) is 5.32 Å². The van der Waals surface area contributed by atoms with E-state index in [1.54, 1.807) is 13.0 Å². The number of hydrogen-bond donors (Lipinski definition) is 1. The standard InChI is InChI=1S/C16H13F3N2O4/c1-10-5-6-14(13(7-10)21(23)24)25-9-15(22)20-12-4-2-3-11(8-12)16(17,18)19/h2-8H,9H2,1H3,(H,20,22). The summed E-state index contributed by atoms with van der Waals surface area (Å²) in [5, 5.41) is 13.2. The van der Waals surface area contributed by atoms with Crippen molar-refractivity contribution >= 4 is 17.3 Å². The number of carbonyl (C=O) groups is 1. The topological polar surface area (TPSA) is 81.5 Å². The van der Waals surface area contributed by atoms with Crippen LogP contribution >= 0.6 is 0 Å². The third-order valence-electron chi connectivity index (χ3n) is 3.14. The molecule has 132 valence electrons. The van der Waals surface area contributed by atoms with Gasteiger partial charge in [-0.15, -0.1) is 0 Å². The highest BCUT2D eigenvalue weighted by Gasteiger charge is 2.30. The lowest BCUT2D eigenvalue weighted by atomic mass is 10.2. The Kier molecular flexibility index (Phi) is 5.26. The van der Waals surface area contributed by atoms with E-state index in [4.69, 9.17) is 4.74 Å². The average Bonchev–Trinajstić information content (AvgIpc) is 2.53. The van der Waals surface area contributed by atoms with E-state index in [1.807, 2.05) is 0 Å². The second kappa shape index (κ2) is 7.20. The van der Waals surface area contributed by atoms with Gasteiger partial charge in [0.25, 0.3) is 5.91 Å². The number of alkyl halides is 3. The summed E-state index contributed by atoms with van der Waals surface area (Å²) in [5.41, 5.74) is -0.610. The number of halogens is 3. The molecule has 0 bridgehead atoms. The van der Waals surface area contributed by atoms with Gasteiger partial charge in [0.05, 0.1) is 10.5 Å². The smallest absolute Gasteiger partial charge is 0.416 e. The van der Waals surface area contributed by atoms with Gasteiger partial charge in [-0.2, -0.15) is 13.2 Å². The summed E-state index contributed by atoms with van der Waals surface area (Å²) < 4.78 is 43.0. The number of ether oxygens (including phenoxy) is 1. The zero-order valence-electron chi connectivity index (χ0n) is 13.0. The zero-order valence-corrected chi connectivity index (χ0v) is 13.0. The lowest BCUT2D eigenvalue weighted by Crippen LogP contribution is -2.20. The maximum absolute atomic E-state index is 12.6. The molecule has 2 aromatic rings. The molecule has 0 aliphatic rings. The van der Waals surface area contributed by atoms with Crippen LogP contribution in [0.3, 0.4) is 0 Å². The van der Waals surface area contributed by atoms with Gasteiger partial charge in [-0.3, -0.25) is 14.9 Å². The number of nitro benzene ring substituents is 1. The number of hydrogen-bond acceptors (Lipinski definition) is 4. The first kappa shape index (κ1) is 18.2. The van der Waals surface area contributed by atoms with Crippen LogP contribution in [-0.2, 0) is 11.0 Å². The summed E-state index contributed by atoms with van der Waals surface area (Å²) in [6.45, 7) is 1.08. The van der Waals surface area contributed by atoms with E-state index in [-0.39, 0.29) is 17.1 Å². The Morgan fingerprint density at radius 1 is 1.24 bits per heavy atom. The molecule has 2 aromatic carbocycles. The van der Waals surface area contributed by atoms with Gasteiger partial charge in [0.2, 0.25) is 0 Å². The van der Waals surface area contributed by atoms with E-state index >= 15 is 0 Å². The molecule has 0 aromatic heterocycles. The van der Waals surface area contributed by atoms with Crippen molar-refractivity contribution in [1.82, 2.24) is 0 Å². The van der Waals surface area contributed by atoms with E-state index in [0.29, 0.717) is 5.56 Å². The van der Waals surface area contributed by atoms with E-state index in [1.165, 1.54) is 18.2 Å². The molecule has 25 heavy (non-hydrogen) atoms. The van der Waals surface area contributed by atoms with Gasteiger partial charge in [0, 0.05) is 11.8 Å². The van der Waals surface area contributed by atoms with Crippen LogP contribution in [0.4, 0.5) is 24.5 Å². The highest BCUT2D eigenvalue weighted by atomic mass is 19.4. The van der Waals surface area contributed by atoms with Crippen LogP contribution in [0.25, 0.3) is 0 Å². The second-order valence-corrected chi connectivity index (χ2v) is 5.14. The van der Waals surface area contributed by atoms with Crippen LogP contribution in [0.1, 0.15) is 11.1 Å². The first-order valence-corrected chi connectivity index (χ1v) is 7.02. The molecule has 9 heteroatoms. The molecule has 0 saturated heterocycles. The third kappa shape index (κ3) is 4.93. The van der Waals surface area contributed by atoms with Crippen molar-refractivity contribution < 1.29 is 27.6 Å². The molecule has 0 fully saturated rings. The Bertz CT molecular complexity index is 806. The summed E-state index contributed by atoms with van der Waals surface area (Å²) in [4.78, 5) is 22.1. The number of amides is 1. The van der Waals surface area contributed by atoms with Gasteiger partial charge in [0.15, 0.2) is 12.4 Å². The monoisotopic (exact) mass is 354 g/mol. The van der Waals surface area contributed by atoms with Gasteiger partial charge in [-0.25, -0.2) is 0 Å². The molecule has 6 nitrogen and oxygen atoms in total. The molecular weight excluding hydrogens is 341 g/mol. The summed E-state index contributed by atoms with van der Waals surface area (Å²) in [6.07, 6.45) is -4.53. The van der Waals surface area contributed by atoms with Crippen LogP contribution in [0.5, 0.6) is 5.75 Å². The minimum Gasteiger partial charge on any atom is -0.477 e. The normalized spacial score (nSPS) is 11.0. The van der Waals surface area contributed by atoms with Crippen molar-refractivity contribution in [3.8, 4) is 5.75 Å². The second-order valence-electron chi connectivity index (χ2n) is 5.14. The largest absolute Gasteiger partial charge is 0.477 e. The van der Waals surface area contributed by atoms with Gasteiger partial charge in [-0.05, 0) is 36.8 Å². The first-order chi connectivity index (χ1) is 11.7. The molecule has 0 atom stereocenters. The van der Waals surface area contributed by atoms with Crippen LogP contribution in [-0.4, -0.2) is 17.4 Å². The molecule has 2 rings (SSSR count). The number of nitro groups is 1. The molecule has 0 heterocycles. The maximum Gasteiger partial charge on any atom is 0.416 e. The summed E-state index contributed by atoms with van der Waals surface area (Å²) in [5.74, 6) is -0.844. The van der Waals surface area contributed by atoms with Crippen molar-refractivity contribution in [2.45, 2.75) is 13.1 Å². The molecule has 0 aliphatic carbocycles. The molecule has 0 unspecified atom stereocenters. The minimum atomic E-state index is -4.53. The predicted molar refractivity (Wildman–Crippen MR) is 83.4 cm³/mol. The van der Waals surface area contributed by atoms with E-state index < -0.39 is 29.2 Å². The molecular formula is C16H13F3N2O4. The lowest BCUT2D eigenvalue weighted by Gasteiger charge is -2.10. The SMILES string of the molecule is Cc1ccc(OCC(=O)Nc2cccc(C(F)(F)F)c2)c([N+](=O)[O-])c1. The highest BCUT2D eigenvalue weighted by Crippen LogP contribution is 2.31. The first-order valence-electron chi connectivity index (χ1n) is 7.02. The number of benzene rings is 2. The van der Waals surface area contributed by atoms with Crippen LogP contribution in [0.15, 0.2) is 42.5 Å². The summed E-state index contributed by atoms with van der Waals surface area (Å²) in [6, 6.07) is 8.33. The Labute approximate surface area is 140 Å². The number of carbonyl (C=O) groups excluding carboxylic acids is 1. The highest BCUT2D eigenvalue weighted by molar-refractivity contribution is 5.92. The van der Waals surface area contributed by atoms with Gasteiger partial charge in [0.1, 0.15) is 0 Å². The number of nitrogens with zero attached hydrogens (tertiary/aromatic N) is 1. The molecule has 1 N–H and O–H groups in total. The molecule has 0 spiro atoms. The average molecular weight is 354 g/mol. The van der Waals surface area contributed by atoms with Gasteiger partial charge in [-0.1, -0.05) is 12.1 Å². The summed E-state index contributed by atoms with van der Waals surface area (Å²) >= 11 is 0. The number of nitrogens with one attached hydrogen (secondary N) is 1. The number of anilines is 1. The predicted octanol–water partition coefficient (Wildman–Crippen LogP) is 3.94. The van der Waals surface area contributed by atoms with E-state index in [9.17, 15) is 28.1 Å². The van der Waals surface area contributed by atoms with E-state index in [0.717, 1.165) is 18.2 Å². The molecule has 1 amide bonds. The lowest BCUT2D eigenvalue weighted by molar-refractivity contribution is -0.385. The molecule has 0 aliphatic heterocycles. The zero-order chi connectivity index (χ0) is 18.6. The van der Waals surface area contributed by atoms with Crippen molar-refractivity contribution in [3.05, 3.63) is 63.7 Å². The third-order valence-corrected chi connectivity index (χ3v) is 3.14. The Hall–Kier alpha value is -3.10. The van der Waals surface area contributed by atoms with Crippen LogP contribution < -0.4 is 10.1 Å². The Morgan fingerprint density at radius 3 is 2.60 bits per heavy atom. The van der Waals surface area contributed by atoms with Gasteiger partial charge >= 0.3 is 11.9 Å². The van der Waals surface area contributed by atoms with Crippen molar-refractivity contribution in [1.29, 1.82) is 0 Å². The summed E-state index contributed by atoms with van der Waals surface area (Å²) in [7, 11) is 0. The van der Waals surface area contributed by atoms with Gasteiger partial charge < -0.3 is 10.1 Å². The van der Waals surface area contributed by atoms with Crippen LogP contribution in [0, 0.1) is 17.0 Å². The Morgan fingerprint density at radius 2 is 1.96 bits per heavy atom. The fraction of sp³-hybridized carbons (Fsp3) is 0.188. The fourth-order valence-electron chi connectivity index (χ4n) is 2.01. The fourth-order valence-corrected chi connectivity index (χ4v) is 2.01. The van der Waals surface area contributed by atoms with Crippen molar-refractivity contribution in [2.24, 2.45) is 0 Å². The van der Waals surface area contributed by atoms with Crippen molar-refractivity contribution in [3.63, 3.8) is 0 Å².